The zero-order chi connectivity index (χ0) is 20.6. The number of non-ortho nitro benzene ring substituents is 1. The molecular formula is C19H17Cl2N5O4S. The summed E-state index contributed by atoms with van der Waals surface area (Å²) < 4.78 is 25.0. The fourth-order valence-electron chi connectivity index (χ4n) is 2.99. The van der Waals surface area contributed by atoms with Gasteiger partial charge in [0.1, 0.15) is 5.82 Å². The monoisotopic (exact) mass is 481 g/mol. The van der Waals surface area contributed by atoms with Crippen molar-refractivity contribution in [3.05, 3.63) is 70.9 Å². The summed E-state index contributed by atoms with van der Waals surface area (Å²) in [4.78, 5) is 19.3. The molecule has 0 spiro atoms. The number of nitro benzene ring substituents is 1. The molecule has 9 nitrogen and oxygen atoms in total. The summed E-state index contributed by atoms with van der Waals surface area (Å²) in [6.07, 6.45) is 2.55. The third-order valence-corrected chi connectivity index (χ3v) is 4.78. The highest BCUT2D eigenvalue weighted by atomic mass is 35.5. The fourth-order valence-corrected chi connectivity index (χ4v) is 3.49. The lowest BCUT2D eigenvalue weighted by molar-refractivity contribution is -0.384. The van der Waals surface area contributed by atoms with E-state index in [0.29, 0.717) is 22.1 Å². The van der Waals surface area contributed by atoms with E-state index in [2.05, 4.69) is 20.0 Å². The average Bonchev–Trinajstić information content (AvgIpc) is 2.67. The van der Waals surface area contributed by atoms with Crippen LogP contribution in [0.4, 0.5) is 22.9 Å². The van der Waals surface area contributed by atoms with E-state index in [1.54, 1.807) is 18.2 Å². The number of hydrogen-bond acceptors (Lipinski definition) is 7. The fraction of sp³-hybridized carbons (Fsp3) is 0.0526. The van der Waals surface area contributed by atoms with Gasteiger partial charge in [0.25, 0.3) is 5.69 Å². The van der Waals surface area contributed by atoms with Gasteiger partial charge in [0.2, 0.25) is 10.0 Å². The number of anilines is 3. The van der Waals surface area contributed by atoms with Gasteiger partial charge in [-0.3, -0.25) is 14.8 Å². The highest BCUT2D eigenvalue weighted by Gasteiger charge is 2.13. The summed E-state index contributed by atoms with van der Waals surface area (Å²) >= 11 is 0. The Labute approximate surface area is 189 Å². The average molecular weight is 482 g/mol. The van der Waals surface area contributed by atoms with Crippen LogP contribution in [0.2, 0.25) is 0 Å². The quantitative estimate of drug-likeness (QED) is 0.241. The van der Waals surface area contributed by atoms with Crippen LogP contribution in [0.1, 0.15) is 0 Å². The molecule has 0 saturated carbocycles. The van der Waals surface area contributed by atoms with Gasteiger partial charge in [-0.1, -0.05) is 18.2 Å². The number of sulfonamides is 1. The van der Waals surface area contributed by atoms with Gasteiger partial charge in [-0.25, -0.2) is 18.4 Å². The van der Waals surface area contributed by atoms with Crippen LogP contribution < -0.4 is 10.0 Å². The second kappa shape index (κ2) is 9.29. The highest BCUT2D eigenvalue weighted by Crippen LogP contribution is 2.34. The Morgan fingerprint density at radius 3 is 2.32 bits per heavy atom. The van der Waals surface area contributed by atoms with Crippen LogP contribution in [0.15, 0.2) is 60.8 Å². The van der Waals surface area contributed by atoms with Crippen molar-refractivity contribution in [1.29, 1.82) is 0 Å². The number of nitro groups is 1. The Morgan fingerprint density at radius 1 is 0.968 bits per heavy atom. The second-order valence-corrected chi connectivity index (χ2v) is 8.14. The molecule has 2 aromatic heterocycles. The Hall–Kier alpha value is -3.21. The van der Waals surface area contributed by atoms with Crippen LogP contribution in [0.3, 0.4) is 0 Å². The molecule has 0 fully saturated rings. The predicted octanol–water partition coefficient (Wildman–Crippen LogP) is 4.65. The predicted molar refractivity (Wildman–Crippen MR) is 126 cm³/mol. The molecule has 31 heavy (non-hydrogen) atoms. The van der Waals surface area contributed by atoms with Crippen LogP contribution in [0.5, 0.6) is 0 Å². The molecule has 2 N–H and O–H groups in total. The maximum atomic E-state index is 11.3. The van der Waals surface area contributed by atoms with Gasteiger partial charge in [-0.05, 0) is 24.3 Å². The molecule has 4 aromatic rings. The summed E-state index contributed by atoms with van der Waals surface area (Å²) in [5.41, 5.74) is 2.49. The Kier molecular flexibility index (Phi) is 7.21. The van der Waals surface area contributed by atoms with Crippen LogP contribution >= 0.6 is 24.8 Å². The van der Waals surface area contributed by atoms with E-state index in [4.69, 9.17) is 0 Å². The first-order chi connectivity index (χ1) is 13.8. The summed E-state index contributed by atoms with van der Waals surface area (Å²) in [7, 11) is -3.41. The largest absolute Gasteiger partial charge is 0.353 e. The first-order valence-electron chi connectivity index (χ1n) is 8.48. The van der Waals surface area contributed by atoms with Crippen molar-refractivity contribution in [2.75, 3.05) is 16.3 Å². The first kappa shape index (κ1) is 24.1. The minimum Gasteiger partial charge on any atom is -0.353 e. The van der Waals surface area contributed by atoms with Crippen LogP contribution in [0.25, 0.3) is 21.8 Å². The van der Waals surface area contributed by atoms with Gasteiger partial charge in [-0.15, -0.1) is 24.8 Å². The SMILES string of the molecule is CS(=O)(=O)Nc1ccc(Nc2c3ccccc3nc3cc([N+](=O)[O-])ccc23)cn1.Cl.Cl. The summed E-state index contributed by atoms with van der Waals surface area (Å²) in [6, 6.07) is 15.2. The number of pyridine rings is 2. The topological polar surface area (TPSA) is 127 Å². The molecule has 2 aromatic carbocycles. The number of aromatic nitrogens is 2. The van der Waals surface area contributed by atoms with Crippen molar-refractivity contribution in [3.63, 3.8) is 0 Å². The first-order valence-corrected chi connectivity index (χ1v) is 10.4. The van der Waals surface area contributed by atoms with Gasteiger partial charge in [-0.2, -0.15) is 0 Å². The third kappa shape index (κ3) is 5.29. The van der Waals surface area contributed by atoms with Gasteiger partial charge in [0, 0.05) is 22.9 Å². The minimum atomic E-state index is -3.41. The molecule has 0 aliphatic carbocycles. The molecule has 2 heterocycles. The van der Waals surface area contributed by atoms with Crippen LogP contribution in [-0.4, -0.2) is 29.6 Å². The third-order valence-electron chi connectivity index (χ3n) is 4.20. The standard InChI is InChI=1S/C19H15N5O4S.2ClH/c1-29(27,28)23-18-9-6-12(11-20-18)21-19-14-4-2-3-5-16(14)22-17-10-13(24(25)26)7-8-15(17)19;;/h2-11H,1H3,(H,20,23)(H,21,22);2*1H. The number of para-hydroxylation sites is 1. The van der Waals surface area contributed by atoms with E-state index in [9.17, 15) is 18.5 Å². The molecule has 0 radical (unpaired) electrons. The van der Waals surface area contributed by atoms with Crippen molar-refractivity contribution in [2.24, 2.45) is 0 Å². The zero-order valence-electron chi connectivity index (χ0n) is 16.0. The Morgan fingerprint density at radius 2 is 1.68 bits per heavy atom. The molecular weight excluding hydrogens is 465 g/mol. The number of nitrogens with zero attached hydrogens (tertiary/aromatic N) is 3. The van der Waals surface area contributed by atoms with Crippen molar-refractivity contribution < 1.29 is 13.3 Å². The van der Waals surface area contributed by atoms with Gasteiger partial charge in [0.05, 0.1) is 39.8 Å². The molecule has 0 aliphatic rings. The normalized spacial score (nSPS) is 10.7. The van der Waals surface area contributed by atoms with E-state index >= 15 is 0 Å². The number of benzene rings is 2. The molecule has 0 unspecified atom stereocenters. The van der Waals surface area contributed by atoms with Gasteiger partial charge < -0.3 is 5.32 Å². The summed E-state index contributed by atoms with van der Waals surface area (Å²) in [5, 5.41) is 16.0. The number of fused-ring (bicyclic) bond motifs is 2. The summed E-state index contributed by atoms with van der Waals surface area (Å²) in [5.74, 6) is 0.207. The van der Waals surface area contributed by atoms with Crippen molar-refractivity contribution >= 4 is 79.5 Å². The molecule has 0 aliphatic heterocycles. The van der Waals surface area contributed by atoms with E-state index in [1.165, 1.54) is 18.3 Å². The lowest BCUT2D eigenvalue weighted by Crippen LogP contribution is -2.10. The van der Waals surface area contributed by atoms with Gasteiger partial charge in [0.15, 0.2) is 0 Å². The number of nitrogens with one attached hydrogen (secondary N) is 2. The lowest BCUT2D eigenvalue weighted by atomic mass is 10.1. The van der Waals surface area contributed by atoms with Crippen molar-refractivity contribution in [2.45, 2.75) is 0 Å². The maximum absolute atomic E-state index is 11.3. The minimum absolute atomic E-state index is 0. The molecule has 0 atom stereocenters. The number of hydrogen-bond donors (Lipinski definition) is 2. The smallest absolute Gasteiger partial charge is 0.271 e. The number of rotatable bonds is 5. The van der Waals surface area contributed by atoms with Crippen molar-refractivity contribution in [3.8, 4) is 0 Å². The molecule has 12 heteroatoms. The zero-order valence-corrected chi connectivity index (χ0v) is 18.4. The van der Waals surface area contributed by atoms with Gasteiger partial charge >= 0.3 is 0 Å². The Balaban J connectivity index is 0.00000171. The van der Waals surface area contributed by atoms with Crippen LogP contribution in [-0.2, 0) is 10.0 Å². The molecule has 162 valence electrons. The van der Waals surface area contributed by atoms with E-state index in [-0.39, 0.29) is 36.3 Å². The van der Waals surface area contributed by atoms with Crippen LogP contribution in [0, 0.1) is 10.1 Å². The molecule has 0 saturated heterocycles. The molecule has 0 amide bonds. The van der Waals surface area contributed by atoms with E-state index in [0.717, 1.165) is 17.3 Å². The van der Waals surface area contributed by atoms with E-state index < -0.39 is 14.9 Å². The molecule has 4 rings (SSSR count). The second-order valence-electron chi connectivity index (χ2n) is 6.39. The summed E-state index contributed by atoms with van der Waals surface area (Å²) in [6.45, 7) is 0. The maximum Gasteiger partial charge on any atom is 0.271 e. The number of halogens is 2. The highest BCUT2D eigenvalue weighted by molar-refractivity contribution is 7.92. The Bertz CT molecular complexity index is 1370. The van der Waals surface area contributed by atoms with E-state index in [1.807, 2.05) is 24.3 Å². The molecule has 0 bridgehead atoms. The lowest BCUT2D eigenvalue weighted by Gasteiger charge is -2.13. The van der Waals surface area contributed by atoms with Crippen molar-refractivity contribution in [1.82, 2.24) is 9.97 Å².